The van der Waals surface area contributed by atoms with E-state index in [0.29, 0.717) is 13.2 Å². The Bertz CT molecular complexity index is 641. The van der Waals surface area contributed by atoms with Crippen molar-refractivity contribution in [2.45, 2.75) is 44.9 Å². The number of rotatable bonds is 5. The molecule has 7 nitrogen and oxygen atoms in total. The minimum absolute atomic E-state index is 0.263. The van der Waals surface area contributed by atoms with Crippen LogP contribution in [0.5, 0.6) is 0 Å². The highest BCUT2D eigenvalue weighted by atomic mass is 16.5. The second-order valence-corrected chi connectivity index (χ2v) is 7.65. The highest BCUT2D eigenvalue weighted by molar-refractivity contribution is 5.78. The molecular weight excluding hydrogens is 330 g/mol. The van der Waals surface area contributed by atoms with Gasteiger partial charge in [0.15, 0.2) is 5.82 Å². The van der Waals surface area contributed by atoms with E-state index in [1.54, 1.807) is 7.11 Å². The van der Waals surface area contributed by atoms with Gasteiger partial charge < -0.3 is 9.64 Å². The lowest BCUT2D eigenvalue weighted by Gasteiger charge is -2.43. The molecule has 0 bridgehead atoms. The molecule has 0 radical (unpaired) electrons. The van der Waals surface area contributed by atoms with Gasteiger partial charge in [0.2, 0.25) is 5.91 Å². The van der Waals surface area contributed by atoms with Crippen molar-refractivity contribution >= 4 is 5.91 Å². The van der Waals surface area contributed by atoms with E-state index >= 15 is 0 Å². The molecule has 0 N–H and O–H groups in total. The molecule has 2 fully saturated rings. The van der Waals surface area contributed by atoms with Crippen molar-refractivity contribution in [1.82, 2.24) is 24.7 Å². The SMILES string of the molecule is COCc1ncc2c(n1)CCN(CC(=O)N1CCN(C3CCC3)CC1)C2. The fourth-order valence-electron chi connectivity index (χ4n) is 4.13. The third-order valence-electron chi connectivity index (χ3n) is 5.95. The maximum absolute atomic E-state index is 12.7. The van der Waals surface area contributed by atoms with E-state index < -0.39 is 0 Å². The zero-order valence-electron chi connectivity index (χ0n) is 15.7. The lowest BCUT2D eigenvalue weighted by molar-refractivity contribution is -0.135. The second-order valence-electron chi connectivity index (χ2n) is 7.65. The summed E-state index contributed by atoms with van der Waals surface area (Å²) in [6.07, 6.45) is 6.82. The monoisotopic (exact) mass is 359 g/mol. The van der Waals surface area contributed by atoms with Crippen LogP contribution < -0.4 is 0 Å². The highest BCUT2D eigenvalue weighted by Crippen LogP contribution is 2.25. The minimum Gasteiger partial charge on any atom is -0.377 e. The van der Waals surface area contributed by atoms with Crippen LogP contribution in [0.2, 0.25) is 0 Å². The van der Waals surface area contributed by atoms with Gasteiger partial charge in [-0.15, -0.1) is 0 Å². The van der Waals surface area contributed by atoms with Gasteiger partial charge in [-0.1, -0.05) is 6.42 Å². The zero-order valence-corrected chi connectivity index (χ0v) is 15.7. The van der Waals surface area contributed by atoms with Gasteiger partial charge in [0.05, 0.1) is 6.54 Å². The summed E-state index contributed by atoms with van der Waals surface area (Å²) in [5.41, 5.74) is 2.24. The molecule has 1 aromatic rings. The van der Waals surface area contributed by atoms with E-state index in [2.05, 4.69) is 19.8 Å². The Hall–Kier alpha value is -1.57. The smallest absolute Gasteiger partial charge is 0.236 e. The number of piperazine rings is 1. The molecule has 1 saturated heterocycles. The van der Waals surface area contributed by atoms with Crippen molar-refractivity contribution < 1.29 is 9.53 Å². The van der Waals surface area contributed by atoms with Gasteiger partial charge in [-0.05, 0) is 12.8 Å². The number of methoxy groups -OCH3 is 1. The van der Waals surface area contributed by atoms with Crippen molar-refractivity contribution in [3.8, 4) is 0 Å². The molecule has 0 aromatic carbocycles. The number of amides is 1. The van der Waals surface area contributed by atoms with E-state index in [1.165, 1.54) is 19.3 Å². The molecule has 2 aliphatic heterocycles. The lowest BCUT2D eigenvalue weighted by atomic mass is 9.91. The average molecular weight is 359 g/mol. The first kappa shape index (κ1) is 17.8. The van der Waals surface area contributed by atoms with E-state index in [0.717, 1.165) is 68.8 Å². The summed E-state index contributed by atoms with van der Waals surface area (Å²) in [5, 5.41) is 0. The van der Waals surface area contributed by atoms with Crippen LogP contribution in [-0.4, -0.2) is 83.0 Å². The Morgan fingerprint density at radius 3 is 2.73 bits per heavy atom. The maximum atomic E-state index is 12.7. The number of ether oxygens (including phenoxy) is 1. The molecule has 0 atom stereocenters. The molecule has 1 amide bonds. The highest BCUT2D eigenvalue weighted by Gasteiger charge is 2.30. The molecule has 142 valence electrons. The van der Waals surface area contributed by atoms with Gasteiger partial charge in [-0.3, -0.25) is 14.6 Å². The van der Waals surface area contributed by atoms with Gasteiger partial charge in [0.25, 0.3) is 0 Å². The number of carbonyl (C=O) groups excluding carboxylic acids is 1. The van der Waals surface area contributed by atoms with E-state index in [4.69, 9.17) is 4.74 Å². The molecule has 1 aromatic heterocycles. The summed E-state index contributed by atoms with van der Waals surface area (Å²) in [4.78, 5) is 28.5. The fourth-order valence-corrected chi connectivity index (χ4v) is 4.13. The first-order chi connectivity index (χ1) is 12.7. The number of fused-ring (bicyclic) bond motifs is 1. The molecule has 3 aliphatic rings. The Balaban J connectivity index is 1.27. The van der Waals surface area contributed by atoms with Crippen LogP contribution >= 0.6 is 0 Å². The summed E-state index contributed by atoms with van der Waals surface area (Å²) in [6.45, 7) is 6.42. The zero-order chi connectivity index (χ0) is 17.9. The van der Waals surface area contributed by atoms with Crippen LogP contribution in [0.15, 0.2) is 6.20 Å². The van der Waals surface area contributed by atoms with Gasteiger partial charge in [0, 0.05) is 76.3 Å². The minimum atomic E-state index is 0.263. The van der Waals surface area contributed by atoms with E-state index in [-0.39, 0.29) is 5.91 Å². The van der Waals surface area contributed by atoms with Crippen molar-refractivity contribution in [1.29, 1.82) is 0 Å². The van der Waals surface area contributed by atoms with Crippen LogP contribution in [0.3, 0.4) is 0 Å². The largest absolute Gasteiger partial charge is 0.377 e. The molecular formula is C19H29N5O2. The number of nitrogens with zero attached hydrogens (tertiary/aromatic N) is 5. The third-order valence-corrected chi connectivity index (χ3v) is 5.95. The first-order valence-corrected chi connectivity index (χ1v) is 9.79. The second kappa shape index (κ2) is 7.98. The van der Waals surface area contributed by atoms with Crippen molar-refractivity contribution in [3.05, 3.63) is 23.3 Å². The Kier molecular flexibility index (Phi) is 5.47. The number of aromatic nitrogens is 2. The predicted molar refractivity (Wildman–Crippen MR) is 97.5 cm³/mol. The Morgan fingerprint density at radius 1 is 1.23 bits per heavy atom. The number of hydrogen-bond acceptors (Lipinski definition) is 6. The molecule has 1 aliphatic carbocycles. The molecule has 0 spiro atoms. The van der Waals surface area contributed by atoms with E-state index in [9.17, 15) is 4.79 Å². The van der Waals surface area contributed by atoms with Crippen molar-refractivity contribution in [3.63, 3.8) is 0 Å². The quantitative estimate of drug-likeness (QED) is 0.770. The third kappa shape index (κ3) is 3.89. The summed E-state index contributed by atoms with van der Waals surface area (Å²) >= 11 is 0. The van der Waals surface area contributed by atoms with Crippen LogP contribution in [0.25, 0.3) is 0 Å². The topological polar surface area (TPSA) is 61.8 Å². The van der Waals surface area contributed by atoms with Gasteiger partial charge >= 0.3 is 0 Å². The van der Waals surface area contributed by atoms with Crippen LogP contribution in [-0.2, 0) is 29.1 Å². The Labute approximate surface area is 155 Å². The van der Waals surface area contributed by atoms with Crippen molar-refractivity contribution in [2.24, 2.45) is 0 Å². The first-order valence-electron chi connectivity index (χ1n) is 9.79. The maximum Gasteiger partial charge on any atom is 0.236 e. The molecule has 0 unspecified atom stereocenters. The summed E-state index contributed by atoms with van der Waals surface area (Å²) < 4.78 is 5.10. The van der Waals surface area contributed by atoms with Gasteiger partial charge in [0.1, 0.15) is 6.61 Å². The number of carbonyl (C=O) groups is 1. The fraction of sp³-hybridized carbons (Fsp3) is 0.737. The molecule has 4 rings (SSSR count). The molecule has 26 heavy (non-hydrogen) atoms. The van der Waals surface area contributed by atoms with Crippen molar-refractivity contribution in [2.75, 3.05) is 46.4 Å². The Morgan fingerprint density at radius 2 is 2.04 bits per heavy atom. The molecule has 3 heterocycles. The predicted octanol–water partition coefficient (Wildman–Crippen LogP) is 0.678. The van der Waals surface area contributed by atoms with Crippen LogP contribution in [0.4, 0.5) is 0 Å². The standard InChI is InChI=1S/C19H29N5O2/c1-26-14-18-20-11-15-12-22(6-5-17(15)21-18)13-19(25)24-9-7-23(8-10-24)16-3-2-4-16/h11,16H,2-10,12-14H2,1H3. The average Bonchev–Trinajstić information content (AvgIpc) is 2.61. The normalized spacial score (nSPS) is 22.1. The lowest BCUT2D eigenvalue weighted by Crippen LogP contribution is -2.55. The van der Waals surface area contributed by atoms with E-state index in [1.807, 2.05) is 11.1 Å². The van der Waals surface area contributed by atoms with Gasteiger partial charge in [-0.25, -0.2) is 9.97 Å². The summed E-state index contributed by atoms with van der Waals surface area (Å²) in [7, 11) is 1.65. The summed E-state index contributed by atoms with van der Waals surface area (Å²) in [6, 6.07) is 0.786. The van der Waals surface area contributed by atoms with Gasteiger partial charge in [-0.2, -0.15) is 0 Å². The number of hydrogen-bond donors (Lipinski definition) is 0. The van der Waals surface area contributed by atoms with Crippen LogP contribution in [0.1, 0.15) is 36.3 Å². The molecule has 7 heteroatoms. The van der Waals surface area contributed by atoms with Crippen LogP contribution in [0, 0.1) is 0 Å². The summed E-state index contributed by atoms with van der Waals surface area (Å²) in [5.74, 6) is 0.999. The molecule has 1 saturated carbocycles.